The first kappa shape index (κ1) is 15.6. The van der Waals surface area contributed by atoms with Gasteiger partial charge in [0.2, 0.25) is 5.91 Å². The molecule has 1 atom stereocenters. The molecule has 4 heterocycles. The normalized spacial score (nSPS) is 23.2. The van der Waals surface area contributed by atoms with Crippen LogP contribution in [-0.2, 0) is 4.79 Å². The lowest BCUT2D eigenvalue weighted by Crippen LogP contribution is -2.29. The Labute approximate surface area is 151 Å². The molecule has 5 rings (SSSR count). The number of nitrogens with zero attached hydrogens (tertiary/aromatic N) is 5. The summed E-state index contributed by atoms with van der Waals surface area (Å²) in [6.45, 7) is 2.09. The minimum absolute atomic E-state index is 0.0160. The molecule has 8 nitrogen and oxygen atoms in total. The first-order valence-corrected chi connectivity index (χ1v) is 9.38. The maximum Gasteiger partial charge on any atom is 0.274 e. The number of hydrogen-bond acceptors (Lipinski definition) is 4. The van der Waals surface area contributed by atoms with Crippen LogP contribution in [0.2, 0.25) is 0 Å². The van der Waals surface area contributed by atoms with Crippen LogP contribution in [0.5, 0.6) is 0 Å². The number of carbonyl (C=O) groups excluding carboxylic acids is 2. The average molecular weight is 354 g/mol. The second-order valence-electron chi connectivity index (χ2n) is 7.50. The van der Waals surface area contributed by atoms with Crippen LogP contribution < -0.4 is 4.90 Å². The van der Waals surface area contributed by atoms with Gasteiger partial charge in [-0.2, -0.15) is 10.2 Å². The predicted molar refractivity (Wildman–Crippen MR) is 93.9 cm³/mol. The van der Waals surface area contributed by atoms with Crippen molar-refractivity contribution < 1.29 is 9.59 Å². The monoisotopic (exact) mass is 354 g/mol. The molecule has 2 saturated heterocycles. The molecule has 3 fully saturated rings. The third-order valence-corrected chi connectivity index (χ3v) is 5.63. The van der Waals surface area contributed by atoms with Gasteiger partial charge in [-0.25, -0.2) is 0 Å². The van der Waals surface area contributed by atoms with Gasteiger partial charge in [-0.1, -0.05) is 0 Å². The van der Waals surface area contributed by atoms with E-state index < -0.39 is 0 Å². The number of carbonyl (C=O) groups is 2. The third-order valence-electron chi connectivity index (χ3n) is 5.63. The van der Waals surface area contributed by atoms with E-state index in [-0.39, 0.29) is 17.9 Å². The van der Waals surface area contributed by atoms with Gasteiger partial charge in [0, 0.05) is 43.9 Å². The molecule has 1 unspecified atom stereocenters. The van der Waals surface area contributed by atoms with Gasteiger partial charge in [0.25, 0.3) is 5.91 Å². The molecule has 0 spiro atoms. The molecular formula is C18H22N6O2. The van der Waals surface area contributed by atoms with E-state index in [1.54, 1.807) is 11.1 Å². The minimum atomic E-state index is -0.0160. The fourth-order valence-corrected chi connectivity index (χ4v) is 3.94. The standard InChI is InChI=1S/C18H22N6O2/c25-17-2-1-6-23(17)14-9-19-24(11-14)13-5-7-22(10-13)18(26)16-8-15(20-21-16)12-3-4-12/h8-9,11-13H,1-7,10H2,(H,20,21). The van der Waals surface area contributed by atoms with Crippen molar-refractivity contribution in [2.45, 2.75) is 44.1 Å². The number of hydrogen-bond donors (Lipinski definition) is 1. The van der Waals surface area contributed by atoms with E-state index in [9.17, 15) is 9.59 Å². The third kappa shape index (κ3) is 2.69. The molecule has 3 aliphatic rings. The smallest absolute Gasteiger partial charge is 0.274 e. The highest BCUT2D eigenvalue weighted by molar-refractivity contribution is 5.95. The molecule has 1 saturated carbocycles. The molecular weight excluding hydrogens is 332 g/mol. The number of nitrogens with one attached hydrogen (secondary N) is 1. The van der Waals surface area contributed by atoms with Crippen LogP contribution >= 0.6 is 0 Å². The summed E-state index contributed by atoms with van der Waals surface area (Å²) in [5.74, 6) is 0.710. The molecule has 1 aliphatic carbocycles. The summed E-state index contributed by atoms with van der Waals surface area (Å²) in [6.07, 6.45) is 8.43. The predicted octanol–water partition coefficient (Wildman–Crippen LogP) is 1.70. The van der Waals surface area contributed by atoms with Gasteiger partial charge in [0.1, 0.15) is 5.69 Å². The van der Waals surface area contributed by atoms with E-state index in [4.69, 9.17) is 0 Å². The summed E-state index contributed by atoms with van der Waals surface area (Å²) in [5.41, 5.74) is 2.45. The fraction of sp³-hybridized carbons (Fsp3) is 0.556. The van der Waals surface area contributed by atoms with Gasteiger partial charge in [0.15, 0.2) is 0 Å². The van der Waals surface area contributed by atoms with Crippen LogP contribution in [0.4, 0.5) is 5.69 Å². The Morgan fingerprint density at radius 1 is 1.23 bits per heavy atom. The number of likely N-dealkylation sites (tertiary alicyclic amines) is 1. The largest absolute Gasteiger partial charge is 0.335 e. The quantitative estimate of drug-likeness (QED) is 0.905. The van der Waals surface area contributed by atoms with Crippen LogP contribution in [0.1, 0.15) is 60.2 Å². The van der Waals surface area contributed by atoms with Crippen molar-refractivity contribution in [3.63, 3.8) is 0 Å². The molecule has 2 aromatic rings. The van der Waals surface area contributed by atoms with Gasteiger partial charge in [-0.15, -0.1) is 0 Å². The number of rotatable bonds is 4. The Balaban J connectivity index is 1.26. The van der Waals surface area contributed by atoms with E-state index >= 15 is 0 Å². The lowest BCUT2D eigenvalue weighted by Gasteiger charge is -2.15. The van der Waals surface area contributed by atoms with E-state index in [2.05, 4.69) is 15.3 Å². The first-order valence-electron chi connectivity index (χ1n) is 9.38. The van der Waals surface area contributed by atoms with Crippen LogP contribution in [0.25, 0.3) is 0 Å². The zero-order chi connectivity index (χ0) is 17.7. The SMILES string of the molecule is O=C(c1cc(C2CC2)[nH]n1)N1CCC(n2cc(N3CCCC3=O)cn2)C1. The summed E-state index contributed by atoms with van der Waals surface area (Å²) in [7, 11) is 0. The van der Waals surface area contributed by atoms with Crippen molar-refractivity contribution >= 4 is 17.5 Å². The molecule has 0 bridgehead atoms. The molecule has 26 heavy (non-hydrogen) atoms. The molecule has 2 aliphatic heterocycles. The van der Waals surface area contributed by atoms with Crippen molar-refractivity contribution in [1.29, 1.82) is 0 Å². The van der Waals surface area contributed by atoms with Crippen LogP contribution in [0, 0.1) is 0 Å². The lowest BCUT2D eigenvalue weighted by molar-refractivity contribution is -0.117. The Bertz CT molecular complexity index is 851. The maximum absolute atomic E-state index is 12.7. The number of aromatic amines is 1. The van der Waals surface area contributed by atoms with Crippen molar-refractivity contribution in [3.8, 4) is 0 Å². The van der Waals surface area contributed by atoms with Crippen molar-refractivity contribution in [3.05, 3.63) is 29.8 Å². The van der Waals surface area contributed by atoms with Gasteiger partial charge in [-0.3, -0.25) is 19.4 Å². The molecule has 2 aromatic heterocycles. The molecule has 0 radical (unpaired) electrons. The van der Waals surface area contributed by atoms with Crippen molar-refractivity contribution in [2.24, 2.45) is 0 Å². The number of H-pyrrole nitrogens is 1. The molecule has 0 aromatic carbocycles. The summed E-state index contributed by atoms with van der Waals surface area (Å²) in [5, 5.41) is 11.6. The Morgan fingerprint density at radius 2 is 2.12 bits per heavy atom. The summed E-state index contributed by atoms with van der Waals surface area (Å²) in [6, 6.07) is 2.05. The second-order valence-corrected chi connectivity index (χ2v) is 7.50. The maximum atomic E-state index is 12.7. The average Bonchev–Trinajstić information content (AvgIpc) is 3.14. The first-order chi connectivity index (χ1) is 12.7. The molecule has 8 heteroatoms. The summed E-state index contributed by atoms with van der Waals surface area (Å²) in [4.78, 5) is 28.2. The Morgan fingerprint density at radius 3 is 2.88 bits per heavy atom. The Kier molecular flexibility index (Phi) is 3.58. The lowest BCUT2D eigenvalue weighted by atomic mass is 10.2. The van der Waals surface area contributed by atoms with Gasteiger partial charge in [-0.05, 0) is 31.7 Å². The number of aromatic nitrogens is 4. The minimum Gasteiger partial charge on any atom is -0.335 e. The number of amides is 2. The molecule has 1 N–H and O–H groups in total. The van der Waals surface area contributed by atoms with E-state index in [1.807, 2.05) is 21.8 Å². The highest BCUT2D eigenvalue weighted by atomic mass is 16.2. The van der Waals surface area contributed by atoms with Gasteiger partial charge < -0.3 is 9.80 Å². The topological polar surface area (TPSA) is 87.1 Å². The van der Waals surface area contributed by atoms with Crippen molar-refractivity contribution in [1.82, 2.24) is 24.9 Å². The highest BCUT2D eigenvalue weighted by Crippen LogP contribution is 2.39. The van der Waals surface area contributed by atoms with E-state index in [1.165, 1.54) is 12.8 Å². The van der Waals surface area contributed by atoms with Crippen LogP contribution in [-0.4, -0.2) is 56.3 Å². The van der Waals surface area contributed by atoms with Gasteiger partial charge in [0.05, 0.1) is 17.9 Å². The Hall–Kier alpha value is -2.64. The zero-order valence-corrected chi connectivity index (χ0v) is 14.6. The summed E-state index contributed by atoms with van der Waals surface area (Å²) >= 11 is 0. The van der Waals surface area contributed by atoms with Crippen LogP contribution in [0.15, 0.2) is 18.5 Å². The van der Waals surface area contributed by atoms with E-state index in [0.29, 0.717) is 31.1 Å². The van der Waals surface area contributed by atoms with E-state index in [0.717, 1.165) is 30.8 Å². The van der Waals surface area contributed by atoms with Gasteiger partial charge >= 0.3 is 0 Å². The fourth-order valence-electron chi connectivity index (χ4n) is 3.94. The van der Waals surface area contributed by atoms with Crippen LogP contribution in [0.3, 0.4) is 0 Å². The molecule has 136 valence electrons. The second kappa shape index (κ2) is 5.96. The molecule has 2 amide bonds. The summed E-state index contributed by atoms with van der Waals surface area (Å²) < 4.78 is 1.90. The number of anilines is 1. The zero-order valence-electron chi connectivity index (χ0n) is 14.6. The van der Waals surface area contributed by atoms with Crippen molar-refractivity contribution in [2.75, 3.05) is 24.5 Å². The highest BCUT2D eigenvalue weighted by Gasteiger charge is 2.32.